The minimum Gasteiger partial charge on any atom is -0.356 e. The van der Waals surface area contributed by atoms with E-state index in [0.717, 1.165) is 64.3 Å². The summed E-state index contributed by atoms with van der Waals surface area (Å²) in [6.07, 6.45) is 10.3. The second kappa shape index (κ2) is 13.0. The summed E-state index contributed by atoms with van der Waals surface area (Å²) >= 11 is 12.8. The predicted molar refractivity (Wildman–Crippen MR) is 132 cm³/mol. The van der Waals surface area contributed by atoms with Crippen LogP contribution in [0.25, 0.3) is 0 Å². The third-order valence-electron chi connectivity index (χ3n) is 7.75. The van der Waals surface area contributed by atoms with Crippen molar-refractivity contribution in [2.45, 2.75) is 99.9 Å². The van der Waals surface area contributed by atoms with E-state index in [4.69, 9.17) is 28.0 Å². The van der Waals surface area contributed by atoms with E-state index in [2.05, 4.69) is 32.3 Å². The van der Waals surface area contributed by atoms with Crippen LogP contribution >= 0.6 is 23.2 Å². The molecule has 8 atom stereocenters. The van der Waals surface area contributed by atoms with Gasteiger partial charge in [0.2, 0.25) is 11.8 Å². The Hall–Kier alpha value is -0.680. The largest absolute Gasteiger partial charge is 0.356 e. The van der Waals surface area contributed by atoms with Crippen LogP contribution in [-0.2, 0) is 14.4 Å². The molecule has 2 saturated heterocycles. The van der Waals surface area contributed by atoms with Crippen LogP contribution in [0.4, 0.5) is 0 Å². The number of hydroxylamine groups is 1. The van der Waals surface area contributed by atoms with Crippen LogP contribution in [0, 0.1) is 17.8 Å². The van der Waals surface area contributed by atoms with E-state index in [1.165, 1.54) is 6.42 Å². The van der Waals surface area contributed by atoms with E-state index in [-0.39, 0.29) is 53.0 Å². The normalized spacial score (nSPS) is 38.2. The number of hydrazine groups is 1. The van der Waals surface area contributed by atoms with E-state index in [1.807, 2.05) is 0 Å². The molecule has 2 aliphatic carbocycles. The summed E-state index contributed by atoms with van der Waals surface area (Å²) in [5, 5.41) is 9.89. The molecule has 11 heteroatoms. The predicted octanol–water partition coefficient (Wildman–Crippen LogP) is 1.81. The number of hydrogen-bond acceptors (Lipinski definition) is 7. The highest BCUT2D eigenvalue weighted by Gasteiger charge is 2.40. The van der Waals surface area contributed by atoms with Crippen LogP contribution in [0.1, 0.15) is 70.6 Å². The minimum absolute atomic E-state index is 0.00549. The summed E-state index contributed by atoms with van der Waals surface area (Å²) in [5.41, 5.74) is 9.00. The molecule has 0 aromatic heterocycles. The van der Waals surface area contributed by atoms with Crippen molar-refractivity contribution in [1.82, 2.24) is 32.3 Å². The third kappa shape index (κ3) is 6.96. The summed E-state index contributed by atoms with van der Waals surface area (Å²) in [7, 11) is 0. The zero-order valence-electron chi connectivity index (χ0n) is 19.8. The highest BCUT2D eigenvalue weighted by Crippen LogP contribution is 2.35. The Morgan fingerprint density at radius 3 is 2.74 bits per heavy atom. The van der Waals surface area contributed by atoms with Crippen LogP contribution in [-0.4, -0.2) is 54.2 Å². The standard InChI is InChI=1S/C23H40Cl2N6O3/c24-17-9-3-8-16(20(17)25)22-28-19(34-31-22)11-4-10-18(32)26-12-5-13-27-21-14-6-1-2-7-15(14)23(33)30-29-21/h14-17,19-22,27-29,31H,1-13H2,(H,26,32)(H,30,33). The van der Waals surface area contributed by atoms with Crippen molar-refractivity contribution in [2.75, 3.05) is 13.1 Å². The van der Waals surface area contributed by atoms with E-state index in [1.54, 1.807) is 0 Å². The number of alkyl halides is 2. The zero-order chi connectivity index (χ0) is 23.9. The van der Waals surface area contributed by atoms with Crippen molar-refractivity contribution in [3.8, 4) is 0 Å². The highest BCUT2D eigenvalue weighted by atomic mass is 35.5. The molecule has 0 aromatic rings. The molecule has 2 aliphatic heterocycles. The fourth-order valence-corrected chi connectivity index (χ4v) is 6.55. The summed E-state index contributed by atoms with van der Waals surface area (Å²) in [6, 6.07) is 0. The van der Waals surface area contributed by atoms with E-state index in [9.17, 15) is 9.59 Å². The fraction of sp³-hybridized carbons (Fsp3) is 0.913. The summed E-state index contributed by atoms with van der Waals surface area (Å²) in [4.78, 5) is 29.9. The van der Waals surface area contributed by atoms with Crippen molar-refractivity contribution < 1.29 is 14.4 Å². The Morgan fingerprint density at radius 1 is 1.03 bits per heavy atom. The maximum atomic E-state index is 12.2. The molecule has 4 rings (SSSR count). The van der Waals surface area contributed by atoms with Crippen molar-refractivity contribution in [2.24, 2.45) is 17.8 Å². The van der Waals surface area contributed by atoms with Gasteiger partial charge in [-0.05, 0) is 51.5 Å². The molecule has 0 bridgehead atoms. The van der Waals surface area contributed by atoms with Crippen molar-refractivity contribution in [3.63, 3.8) is 0 Å². The second-order valence-corrected chi connectivity index (χ2v) is 11.2. The Balaban J connectivity index is 1.04. The van der Waals surface area contributed by atoms with Gasteiger partial charge in [0.05, 0.1) is 23.1 Å². The molecule has 34 heavy (non-hydrogen) atoms. The molecule has 4 aliphatic rings. The Morgan fingerprint density at radius 2 is 1.85 bits per heavy atom. The van der Waals surface area contributed by atoms with Gasteiger partial charge in [0.25, 0.3) is 0 Å². The number of hydrogen-bond donors (Lipinski definition) is 6. The molecule has 0 spiro atoms. The molecule has 194 valence electrons. The molecule has 9 nitrogen and oxygen atoms in total. The van der Waals surface area contributed by atoms with Gasteiger partial charge in [0, 0.05) is 30.7 Å². The second-order valence-electron chi connectivity index (χ2n) is 10.1. The quantitative estimate of drug-likeness (QED) is 0.193. The number of amides is 2. The lowest BCUT2D eigenvalue weighted by Gasteiger charge is -2.41. The first-order valence-electron chi connectivity index (χ1n) is 13.0. The molecule has 2 saturated carbocycles. The van der Waals surface area contributed by atoms with Gasteiger partial charge >= 0.3 is 0 Å². The lowest BCUT2D eigenvalue weighted by molar-refractivity contribution is -0.134. The van der Waals surface area contributed by atoms with Crippen LogP contribution in [0.3, 0.4) is 0 Å². The number of carbonyl (C=O) groups is 2. The monoisotopic (exact) mass is 518 g/mol. The van der Waals surface area contributed by atoms with Crippen molar-refractivity contribution in [3.05, 3.63) is 0 Å². The van der Waals surface area contributed by atoms with Crippen LogP contribution < -0.4 is 32.3 Å². The number of halogens is 2. The summed E-state index contributed by atoms with van der Waals surface area (Å²) in [6.45, 7) is 1.43. The van der Waals surface area contributed by atoms with Gasteiger partial charge in [-0.3, -0.25) is 25.2 Å². The molecular formula is C23H40Cl2N6O3. The first-order valence-corrected chi connectivity index (χ1v) is 13.9. The molecule has 0 aromatic carbocycles. The zero-order valence-corrected chi connectivity index (χ0v) is 21.3. The molecular weight excluding hydrogens is 479 g/mol. The van der Waals surface area contributed by atoms with Crippen LogP contribution in [0.15, 0.2) is 0 Å². The van der Waals surface area contributed by atoms with E-state index in [0.29, 0.717) is 18.9 Å². The van der Waals surface area contributed by atoms with Gasteiger partial charge in [0.15, 0.2) is 0 Å². The van der Waals surface area contributed by atoms with Crippen LogP contribution in [0.2, 0.25) is 0 Å². The van der Waals surface area contributed by atoms with Crippen molar-refractivity contribution >= 4 is 35.0 Å². The smallest absolute Gasteiger partial charge is 0.237 e. The van der Waals surface area contributed by atoms with Gasteiger partial charge in [-0.2, -0.15) is 5.48 Å². The maximum Gasteiger partial charge on any atom is 0.237 e. The van der Waals surface area contributed by atoms with Gasteiger partial charge < -0.3 is 10.6 Å². The molecule has 8 unspecified atom stereocenters. The number of fused-ring (bicyclic) bond motifs is 1. The number of carbonyl (C=O) groups excluding carboxylic acids is 2. The Kier molecular flexibility index (Phi) is 10.1. The first-order chi connectivity index (χ1) is 16.5. The lowest BCUT2D eigenvalue weighted by Crippen LogP contribution is -2.64. The Labute approximate surface area is 212 Å². The van der Waals surface area contributed by atoms with Gasteiger partial charge in [-0.1, -0.05) is 19.3 Å². The molecule has 2 heterocycles. The molecule has 4 fully saturated rings. The Bertz CT molecular complexity index is 689. The molecule has 2 amide bonds. The van der Waals surface area contributed by atoms with E-state index >= 15 is 0 Å². The lowest BCUT2D eigenvalue weighted by atomic mass is 9.76. The number of nitrogens with one attached hydrogen (secondary N) is 6. The average molecular weight is 520 g/mol. The minimum atomic E-state index is -0.117. The summed E-state index contributed by atoms with van der Waals surface area (Å²) < 4.78 is 0. The highest BCUT2D eigenvalue weighted by molar-refractivity contribution is 6.30. The van der Waals surface area contributed by atoms with Crippen molar-refractivity contribution in [1.29, 1.82) is 0 Å². The SMILES string of the molecule is O=C(CCCC1NC(C2CCCC(Cl)C2Cl)NO1)NCCCNC1NNC(=O)C2CCCCC12. The average Bonchev–Trinajstić information content (AvgIpc) is 3.31. The van der Waals surface area contributed by atoms with Gasteiger partial charge in [-0.15, -0.1) is 23.2 Å². The van der Waals surface area contributed by atoms with Gasteiger partial charge in [-0.25, -0.2) is 5.43 Å². The topological polar surface area (TPSA) is 116 Å². The molecule has 6 N–H and O–H groups in total. The maximum absolute atomic E-state index is 12.2. The van der Waals surface area contributed by atoms with Gasteiger partial charge in [0.1, 0.15) is 6.23 Å². The van der Waals surface area contributed by atoms with Crippen LogP contribution in [0.5, 0.6) is 0 Å². The third-order valence-corrected chi connectivity index (χ3v) is 8.99. The molecule has 0 radical (unpaired) electrons. The van der Waals surface area contributed by atoms with E-state index < -0.39 is 0 Å². The first kappa shape index (κ1) is 26.4. The summed E-state index contributed by atoms with van der Waals surface area (Å²) in [5.74, 6) is 0.898. The fourth-order valence-electron chi connectivity index (χ4n) is 5.81. The number of rotatable bonds is 10.